The van der Waals surface area contributed by atoms with Gasteiger partial charge in [-0.3, -0.25) is 9.36 Å². The van der Waals surface area contributed by atoms with E-state index in [2.05, 4.69) is 11.6 Å². The van der Waals surface area contributed by atoms with Crippen molar-refractivity contribution in [2.24, 2.45) is 4.99 Å². The van der Waals surface area contributed by atoms with E-state index in [1.54, 1.807) is 10.6 Å². The molecule has 1 aromatic heterocycles. The minimum absolute atomic E-state index is 0.0141. The fraction of sp³-hybridized carbons (Fsp3) is 0.400. The van der Waals surface area contributed by atoms with Gasteiger partial charge < -0.3 is 4.42 Å². The second-order valence-electron chi connectivity index (χ2n) is 6.33. The summed E-state index contributed by atoms with van der Waals surface area (Å²) in [5, 5.41) is 0. The predicted octanol–water partition coefficient (Wildman–Crippen LogP) is 4.22. The lowest BCUT2D eigenvalue weighted by atomic mass is 9.95. The zero-order chi connectivity index (χ0) is 16.9. The lowest BCUT2D eigenvalue weighted by Crippen LogP contribution is -2.39. The fourth-order valence-corrected chi connectivity index (χ4v) is 3.36. The number of benzene rings is 1. The minimum Gasteiger partial charge on any atom is -0.430 e. The molecule has 0 N–H and O–H groups in total. The largest absolute Gasteiger partial charge is 0.430 e. The van der Waals surface area contributed by atoms with E-state index in [1.807, 2.05) is 37.3 Å². The second kappa shape index (κ2) is 7.47. The molecular weight excluding hydrogens is 300 g/mol. The molecule has 0 amide bonds. The zero-order valence-electron chi connectivity index (χ0n) is 14.2. The summed E-state index contributed by atoms with van der Waals surface area (Å²) in [6.07, 6.45) is 7.80. The molecule has 0 aliphatic heterocycles. The summed E-state index contributed by atoms with van der Waals surface area (Å²) < 4.78 is 7.75. The first-order chi connectivity index (χ1) is 11.7. The molecule has 0 radical (unpaired) electrons. The molecule has 0 saturated heterocycles. The van der Waals surface area contributed by atoms with Gasteiger partial charge in [0.25, 0.3) is 5.56 Å². The van der Waals surface area contributed by atoms with Gasteiger partial charge >= 0.3 is 5.68 Å². The molecule has 1 heterocycles. The van der Waals surface area contributed by atoms with Crippen LogP contribution in [0.4, 0.5) is 5.69 Å². The van der Waals surface area contributed by atoms with Crippen LogP contribution in [0.5, 0.6) is 0 Å². The molecule has 126 valence electrons. The van der Waals surface area contributed by atoms with E-state index in [9.17, 15) is 4.79 Å². The molecule has 1 aliphatic rings. The van der Waals surface area contributed by atoms with Crippen LogP contribution in [0.15, 0.2) is 57.2 Å². The number of nitrogens with zero attached hydrogens (tertiary/aromatic N) is 2. The van der Waals surface area contributed by atoms with Gasteiger partial charge in [-0.2, -0.15) is 4.99 Å². The Labute approximate surface area is 142 Å². The van der Waals surface area contributed by atoms with Crippen molar-refractivity contribution in [2.75, 3.05) is 0 Å². The van der Waals surface area contributed by atoms with E-state index >= 15 is 0 Å². The third-order valence-corrected chi connectivity index (χ3v) is 4.62. The van der Waals surface area contributed by atoms with E-state index in [0.717, 1.165) is 31.4 Å². The van der Waals surface area contributed by atoms with Crippen molar-refractivity contribution in [1.29, 1.82) is 0 Å². The zero-order valence-corrected chi connectivity index (χ0v) is 14.2. The Morgan fingerprint density at radius 1 is 1.25 bits per heavy atom. The highest BCUT2D eigenvalue weighted by molar-refractivity contribution is 5.35. The standard InChI is InChI=1S/C20H24N2O2/c1-3-10-18-15(2)24-20(21-16-11-6-4-7-12-16)22(19(18)23)17-13-8-5-9-14-17/h3-4,6-7,11-12,17H,1,5,8-10,13-14H2,2H3. The van der Waals surface area contributed by atoms with Gasteiger partial charge in [-0.15, -0.1) is 6.58 Å². The van der Waals surface area contributed by atoms with Crippen LogP contribution in [0.1, 0.15) is 49.5 Å². The van der Waals surface area contributed by atoms with Gasteiger partial charge in [-0.1, -0.05) is 43.5 Å². The number of hydrogen-bond acceptors (Lipinski definition) is 3. The van der Waals surface area contributed by atoms with Crippen LogP contribution in [0.2, 0.25) is 0 Å². The van der Waals surface area contributed by atoms with Crippen LogP contribution in [0, 0.1) is 6.92 Å². The van der Waals surface area contributed by atoms with Gasteiger partial charge in [0.2, 0.25) is 0 Å². The molecule has 1 fully saturated rings. The minimum atomic E-state index is 0.0141. The smallest absolute Gasteiger partial charge is 0.305 e. The van der Waals surface area contributed by atoms with Gasteiger partial charge in [0.15, 0.2) is 0 Å². The maximum absolute atomic E-state index is 13.1. The number of allylic oxidation sites excluding steroid dienone is 1. The van der Waals surface area contributed by atoms with Crippen molar-refractivity contribution in [3.63, 3.8) is 0 Å². The highest BCUT2D eigenvalue weighted by Gasteiger charge is 2.21. The SMILES string of the molecule is C=CCc1c(C)oc(=Nc2ccccc2)n(C2CCCCC2)c1=O. The van der Waals surface area contributed by atoms with Crippen LogP contribution in [-0.2, 0) is 6.42 Å². The molecule has 3 rings (SSSR count). The fourth-order valence-electron chi connectivity index (χ4n) is 3.36. The van der Waals surface area contributed by atoms with Gasteiger partial charge in [0.05, 0.1) is 11.3 Å². The van der Waals surface area contributed by atoms with E-state index < -0.39 is 0 Å². The number of hydrogen-bond donors (Lipinski definition) is 0. The molecule has 0 atom stereocenters. The molecule has 1 saturated carbocycles. The average molecular weight is 324 g/mol. The summed E-state index contributed by atoms with van der Waals surface area (Å²) in [7, 11) is 0. The molecule has 24 heavy (non-hydrogen) atoms. The van der Waals surface area contributed by atoms with Gasteiger partial charge in [-0.25, -0.2) is 0 Å². The van der Waals surface area contributed by atoms with Crippen molar-refractivity contribution in [1.82, 2.24) is 4.57 Å². The van der Waals surface area contributed by atoms with Gasteiger partial charge in [-0.05, 0) is 38.3 Å². The summed E-state index contributed by atoms with van der Waals surface area (Å²) >= 11 is 0. The van der Waals surface area contributed by atoms with Crippen LogP contribution in [0.3, 0.4) is 0 Å². The quantitative estimate of drug-likeness (QED) is 0.791. The molecule has 4 nitrogen and oxygen atoms in total. The van der Waals surface area contributed by atoms with Gasteiger partial charge in [0.1, 0.15) is 5.76 Å². The summed E-state index contributed by atoms with van der Waals surface area (Å²) in [6, 6.07) is 9.81. The number of aromatic nitrogens is 1. The molecule has 0 bridgehead atoms. The molecule has 0 spiro atoms. The molecule has 2 aromatic rings. The Morgan fingerprint density at radius 3 is 2.62 bits per heavy atom. The Hall–Kier alpha value is -2.36. The Morgan fingerprint density at radius 2 is 1.96 bits per heavy atom. The normalized spacial score (nSPS) is 16.3. The van der Waals surface area contributed by atoms with Crippen LogP contribution < -0.4 is 11.2 Å². The third kappa shape index (κ3) is 3.42. The topological polar surface area (TPSA) is 47.5 Å². The molecule has 4 heteroatoms. The van der Waals surface area contributed by atoms with E-state index in [0.29, 0.717) is 23.4 Å². The van der Waals surface area contributed by atoms with Crippen molar-refractivity contribution in [2.45, 2.75) is 51.5 Å². The molecule has 1 aliphatic carbocycles. The maximum Gasteiger partial charge on any atom is 0.305 e. The lowest BCUT2D eigenvalue weighted by molar-refractivity contribution is 0.286. The van der Waals surface area contributed by atoms with Crippen molar-refractivity contribution < 1.29 is 4.42 Å². The highest BCUT2D eigenvalue weighted by Crippen LogP contribution is 2.26. The number of rotatable bonds is 4. The predicted molar refractivity (Wildman–Crippen MR) is 95.4 cm³/mol. The molecule has 1 aromatic carbocycles. The first-order valence-corrected chi connectivity index (χ1v) is 8.66. The molecular formula is C20H24N2O2. The second-order valence-corrected chi connectivity index (χ2v) is 6.33. The number of para-hydroxylation sites is 1. The van der Waals surface area contributed by atoms with Crippen LogP contribution in [0.25, 0.3) is 0 Å². The van der Waals surface area contributed by atoms with Crippen molar-refractivity contribution >= 4 is 5.69 Å². The number of aryl methyl sites for hydroxylation is 1. The Kier molecular flexibility index (Phi) is 5.14. The summed E-state index contributed by atoms with van der Waals surface area (Å²) in [6.45, 7) is 5.59. The average Bonchev–Trinajstić information content (AvgIpc) is 2.60. The van der Waals surface area contributed by atoms with Crippen molar-refractivity contribution in [3.05, 3.63) is 70.3 Å². The van der Waals surface area contributed by atoms with E-state index in [-0.39, 0.29) is 11.6 Å². The molecule has 0 unspecified atom stereocenters. The summed E-state index contributed by atoms with van der Waals surface area (Å²) in [4.78, 5) is 17.7. The Bertz CT molecular complexity index is 825. The van der Waals surface area contributed by atoms with Gasteiger partial charge in [0, 0.05) is 6.04 Å². The Balaban J connectivity index is 2.21. The first-order valence-electron chi connectivity index (χ1n) is 8.66. The van der Waals surface area contributed by atoms with E-state index in [4.69, 9.17) is 4.42 Å². The third-order valence-electron chi connectivity index (χ3n) is 4.62. The monoisotopic (exact) mass is 324 g/mol. The highest BCUT2D eigenvalue weighted by atomic mass is 16.4. The van der Waals surface area contributed by atoms with Crippen LogP contribution in [-0.4, -0.2) is 4.57 Å². The maximum atomic E-state index is 13.1. The van der Waals surface area contributed by atoms with E-state index in [1.165, 1.54) is 6.42 Å². The van der Waals surface area contributed by atoms with Crippen LogP contribution >= 0.6 is 0 Å². The first kappa shape index (κ1) is 16.5. The lowest BCUT2D eigenvalue weighted by Gasteiger charge is -2.24. The summed E-state index contributed by atoms with van der Waals surface area (Å²) in [5.41, 5.74) is 1.90. The van der Waals surface area contributed by atoms with Crippen molar-refractivity contribution in [3.8, 4) is 0 Å². The summed E-state index contributed by atoms with van der Waals surface area (Å²) in [5.74, 6) is 0.627.